The van der Waals surface area contributed by atoms with Gasteiger partial charge in [0.2, 0.25) is 0 Å². The fraction of sp³-hybridized carbons (Fsp3) is 0.290. The van der Waals surface area contributed by atoms with Crippen LogP contribution >= 0.6 is 0 Å². The first kappa shape index (κ1) is 27.6. The van der Waals surface area contributed by atoms with Crippen LogP contribution in [0.4, 0.5) is 0 Å². The van der Waals surface area contributed by atoms with Gasteiger partial charge in [0.15, 0.2) is 11.5 Å². The molecule has 1 aliphatic rings. The molecule has 0 spiro atoms. The number of likely N-dealkylation sites (tertiary alicyclic amines) is 1. The highest BCUT2D eigenvalue weighted by atomic mass is 16.5. The molecule has 1 atom stereocenters. The van der Waals surface area contributed by atoms with Crippen molar-refractivity contribution in [2.75, 3.05) is 20.8 Å². The third-order valence-electron chi connectivity index (χ3n) is 6.75. The van der Waals surface area contributed by atoms with Crippen molar-refractivity contribution in [3.05, 3.63) is 88.5 Å². The number of Topliss-reactive ketones (excluding diaryl/α,β-unsaturated/α-hetero) is 1. The normalized spacial score (nSPS) is 16.6. The summed E-state index contributed by atoms with van der Waals surface area (Å²) in [6.45, 7) is 6.19. The van der Waals surface area contributed by atoms with Crippen LogP contribution in [0.5, 0.6) is 23.0 Å². The maximum absolute atomic E-state index is 13.5. The molecule has 1 saturated heterocycles. The van der Waals surface area contributed by atoms with Crippen LogP contribution in [-0.2, 0) is 16.1 Å². The lowest BCUT2D eigenvalue weighted by atomic mass is 9.93. The molecule has 1 unspecified atom stereocenters. The Morgan fingerprint density at radius 2 is 1.74 bits per heavy atom. The average molecular weight is 532 g/mol. The van der Waals surface area contributed by atoms with E-state index in [9.17, 15) is 19.8 Å². The zero-order valence-corrected chi connectivity index (χ0v) is 22.7. The average Bonchev–Trinajstić information content (AvgIpc) is 3.18. The van der Waals surface area contributed by atoms with Crippen molar-refractivity contribution >= 4 is 17.4 Å². The van der Waals surface area contributed by atoms with Gasteiger partial charge in [-0.2, -0.15) is 0 Å². The van der Waals surface area contributed by atoms with Gasteiger partial charge in [0.25, 0.3) is 11.7 Å². The monoisotopic (exact) mass is 531 g/mol. The van der Waals surface area contributed by atoms with Crippen LogP contribution in [0.3, 0.4) is 0 Å². The zero-order chi connectivity index (χ0) is 28.3. The molecule has 39 heavy (non-hydrogen) atoms. The number of hydrogen-bond acceptors (Lipinski definition) is 7. The Kier molecular flexibility index (Phi) is 8.14. The van der Waals surface area contributed by atoms with Crippen molar-refractivity contribution in [1.29, 1.82) is 0 Å². The van der Waals surface area contributed by atoms with Crippen LogP contribution in [0.1, 0.15) is 55.0 Å². The number of aromatic hydroxyl groups is 1. The molecule has 4 rings (SSSR count). The number of ketones is 1. The predicted molar refractivity (Wildman–Crippen MR) is 147 cm³/mol. The number of ether oxygens (including phenoxy) is 3. The number of hydrogen-bond donors (Lipinski definition) is 2. The molecule has 2 N–H and O–H groups in total. The molecule has 1 fully saturated rings. The van der Waals surface area contributed by atoms with E-state index in [1.54, 1.807) is 69.7 Å². The largest absolute Gasteiger partial charge is 0.507 e. The molecule has 1 aliphatic heterocycles. The molecule has 0 bridgehead atoms. The predicted octanol–water partition coefficient (Wildman–Crippen LogP) is 5.55. The summed E-state index contributed by atoms with van der Waals surface area (Å²) < 4.78 is 16.4. The van der Waals surface area contributed by atoms with Crippen LogP contribution in [0.15, 0.2) is 66.2 Å². The summed E-state index contributed by atoms with van der Waals surface area (Å²) in [7, 11) is 3.13. The van der Waals surface area contributed by atoms with E-state index in [0.29, 0.717) is 29.2 Å². The Morgan fingerprint density at radius 3 is 2.41 bits per heavy atom. The van der Waals surface area contributed by atoms with Crippen molar-refractivity contribution in [2.45, 2.75) is 39.3 Å². The number of nitrogens with zero attached hydrogens (tertiary/aromatic N) is 1. The van der Waals surface area contributed by atoms with Gasteiger partial charge in [0.1, 0.15) is 17.3 Å². The van der Waals surface area contributed by atoms with Gasteiger partial charge in [-0.25, -0.2) is 0 Å². The van der Waals surface area contributed by atoms with Gasteiger partial charge in [-0.15, -0.1) is 0 Å². The number of phenolic OH excluding ortho intramolecular Hbond substituents is 1. The lowest BCUT2D eigenvalue weighted by Gasteiger charge is -2.26. The maximum Gasteiger partial charge on any atom is 0.295 e. The second kappa shape index (κ2) is 11.5. The summed E-state index contributed by atoms with van der Waals surface area (Å²) in [5, 5.41) is 21.8. The number of carbonyl (C=O) groups excluding carboxylic acids is 2. The number of aliphatic hydroxyl groups excluding tert-OH is 1. The molecule has 204 valence electrons. The Morgan fingerprint density at radius 1 is 0.974 bits per heavy atom. The second-order valence-electron chi connectivity index (χ2n) is 9.55. The molecule has 8 nitrogen and oxygen atoms in total. The molecule has 3 aromatic carbocycles. The molecule has 0 aromatic heterocycles. The first-order valence-corrected chi connectivity index (χ1v) is 12.7. The number of methoxy groups -OCH3 is 2. The van der Waals surface area contributed by atoms with Crippen molar-refractivity contribution in [3.8, 4) is 23.0 Å². The lowest BCUT2D eigenvalue weighted by molar-refractivity contribution is -0.140. The number of phenols is 1. The van der Waals surface area contributed by atoms with E-state index in [0.717, 1.165) is 11.1 Å². The van der Waals surface area contributed by atoms with Crippen LogP contribution in [0.2, 0.25) is 0 Å². The molecule has 1 heterocycles. The van der Waals surface area contributed by atoms with Gasteiger partial charge in [-0.3, -0.25) is 9.59 Å². The Bertz CT molecular complexity index is 1430. The minimum atomic E-state index is -0.930. The fourth-order valence-electron chi connectivity index (χ4n) is 4.82. The van der Waals surface area contributed by atoms with Gasteiger partial charge >= 0.3 is 0 Å². The summed E-state index contributed by atoms with van der Waals surface area (Å²) in [5.41, 5.74) is 2.46. The van der Waals surface area contributed by atoms with Crippen LogP contribution in [0.25, 0.3) is 5.76 Å². The number of benzene rings is 3. The molecular weight excluding hydrogens is 498 g/mol. The van der Waals surface area contributed by atoms with Crippen molar-refractivity contribution in [1.82, 2.24) is 4.90 Å². The summed E-state index contributed by atoms with van der Waals surface area (Å²) in [5.74, 6) is -0.316. The van der Waals surface area contributed by atoms with Gasteiger partial charge in [-0.1, -0.05) is 32.0 Å². The minimum absolute atomic E-state index is 0.0455. The molecule has 1 amide bonds. The standard InChI is InChI=1S/C31H33NO7/c1-6-39-26-16-20(10-12-24(26)33)28-27(29(34)21-11-13-25(38-5)23(15-21)18(2)3)30(35)31(36)32(28)17-19-8-7-9-22(14-19)37-4/h7-16,18,28,33-34H,6,17H2,1-5H3/b29-27+. The van der Waals surface area contributed by atoms with Crippen molar-refractivity contribution in [2.24, 2.45) is 0 Å². The number of rotatable bonds is 9. The van der Waals surface area contributed by atoms with Gasteiger partial charge < -0.3 is 29.3 Å². The quantitative estimate of drug-likeness (QED) is 0.212. The molecule has 3 aromatic rings. The van der Waals surface area contributed by atoms with Crippen LogP contribution in [0, 0.1) is 0 Å². The lowest BCUT2D eigenvalue weighted by Crippen LogP contribution is -2.29. The summed E-state index contributed by atoms with van der Waals surface area (Å²) >= 11 is 0. The Hall–Kier alpha value is -4.46. The molecular formula is C31H33NO7. The van der Waals surface area contributed by atoms with Gasteiger partial charge in [0, 0.05) is 12.1 Å². The smallest absolute Gasteiger partial charge is 0.295 e. The first-order valence-electron chi connectivity index (χ1n) is 12.7. The summed E-state index contributed by atoms with van der Waals surface area (Å²) in [4.78, 5) is 28.4. The van der Waals surface area contributed by atoms with E-state index >= 15 is 0 Å². The van der Waals surface area contributed by atoms with E-state index in [2.05, 4.69) is 0 Å². The highest BCUT2D eigenvalue weighted by Crippen LogP contribution is 2.43. The van der Waals surface area contributed by atoms with Crippen LogP contribution in [-0.4, -0.2) is 47.6 Å². The number of carbonyl (C=O) groups is 2. The Balaban J connectivity index is 1.90. The number of amides is 1. The second-order valence-corrected chi connectivity index (χ2v) is 9.55. The van der Waals surface area contributed by atoms with Crippen molar-refractivity contribution < 1.29 is 34.0 Å². The summed E-state index contributed by atoms with van der Waals surface area (Å²) in [6, 6.07) is 16.1. The van der Waals surface area contributed by atoms with E-state index in [-0.39, 0.29) is 35.3 Å². The topological polar surface area (TPSA) is 106 Å². The zero-order valence-electron chi connectivity index (χ0n) is 22.7. The number of aliphatic hydroxyl groups is 1. The third kappa shape index (κ3) is 5.41. The minimum Gasteiger partial charge on any atom is -0.507 e. The van der Waals surface area contributed by atoms with Crippen LogP contribution < -0.4 is 14.2 Å². The summed E-state index contributed by atoms with van der Waals surface area (Å²) in [6.07, 6.45) is 0. The molecule has 0 aliphatic carbocycles. The highest BCUT2D eigenvalue weighted by Gasteiger charge is 2.46. The SMILES string of the molecule is CCOc1cc(C2/C(=C(\O)c3ccc(OC)c(C(C)C)c3)C(=O)C(=O)N2Cc2cccc(OC)c2)ccc1O. The molecule has 0 saturated carbocycles. The van der Waals surface area contributed by atoms with E-state index in [4.69, 9.17) is 14.2 Å². The van der Waals surface area contributed by atoms with Gasteiger partial charge in [-0.05, 0) is 72.0 Å². The van der Waals surface area contributed by atoms with E-state index < -0.39 is 17.7 Å². The Labute approximate surface area is 228 Å². The van der Waals surface area contributed by atoms with E-state index in [1.165, 1.54) is 11.0 Å². The highest BCUT2D eigenvalue weighted by molar-refractivity contribution is 6.46. The van der Waals surface area contributed by atoms with Crippen molar-refractivity contribution in [3.63, 3.8) is 0 Å². The molecule has 8 heteroatoms. The fourth-order valence-corrected chi connectivity index (χ4v) is 4.82. The first-order chi connectivity index (χ1) is 18.7. The van der Waals surface area contributed by atoms with Gasteiger partial charge in [0.05, 0.1) is 32.4 Å². The third-order valence-corrected chi connectivity index (χ3v) is 6.75. The molecule has 0 radical (unpaired) electrons. The van der Waals surface area contributed by atoms with E-state index in [1.807, 2.05) is 19.9 Å². The maximum atomic E-state index is 13.5.